The van der Waals surface area contributed by atoms with Crippen molar-refractivity contribution in [2.75, 3.05) is 0 Å². The lowest BCUT2D eigenvalue weighted by molar-refractivity contribution is -0.118. The maximum Gasteiger partial charge on any atom is 0.191 e. The van der Waals surface area contributed by atoms with Crippen LogP contribution in [0.3, 0.4) is 0 Å². The molecule has 0 spiro atoms. The van der Waals surface area contributed by atoms with Gasteiger partial charge in [-0.05, 0) is 43.4 Å². The van der Waals surface area contributed by atoms with E-state index in [0.29, 0.717) is 12.3 Å². The normalized spacial score (nSPS) is 24.3. The monoisotopic (exact) mass is 405 g/mol. The third-order valence-electron chi connectivity index (χ3n) is 7.12. The Bertz CT molecular complexity index is 924. The van der Waals surface area contributed by atoms with Crippen molar-refractivity contribution in [3.63, 3.8) is 0 Å². The molecule has 0 amide bonds. The molecule has 0 aromatic heterocycles. The Morgan fingerprint density at radius 3 is 2.30 bits per heavy atom. The number of dihydropyridines is 1. The van der Waals surface area contributed by atoms with E-state index in [1.165, 1.54) is 12.8 Å². The first-order chi connectivity index (χ1) is 14.2. The fourth-order valence-electron chi connectivity index (χ4n) is 5.69. The Morgan fingerprint density at radius 2 is 1.70 bits per heavy atom. The van der Waals surface area contributed by atoms with Gasteiger partial charge in [0.15, 0.2) is 11.6 Å². The molecule has 1 heterocycles. The van der Waals surface area contributed by atoms with Gasteiger partial charge in [-0.1, -0.05) is 70.4 Å². The van der Waals surface area contributed by atoms with Crippen molar-refractivity contribution in [1.82, 2.24) is 5.32 Å². The van der Waals surface area contributed by atoms with Gasteiger partial charge in [-0.25, -0.2) is 0 Å². The summed E-state index contributed by atoms with van der Waals surface area (Å²) in [4.78, 5) is 27.3. The number of nitrogens with one attached hydrogen (secondary N) is 1. The van der Waals surface area contributed by atoms with Crippen LogP contribution in [-0.2, 0) is 4.79 Å². The maximum absolute atomic E-state index is 13.9. The van der Waals surface area contributed by atoms with E-state index in [2.05, 4.69) is 33.0 Å². The first-order valence-electron chi connectivity index (χ1n) is 11.6. The van der Waals surface area contributed by atoms with Crippen LogP contribution < -0.4 is 5.32 Å². The molecule has 1 aliphatic heterocycles. The minimum Gasteiger partial charge on any atom is -0.361 e. The van der Waals surface area contributed by atoms with Gasteiger partial charge in [0.1, 0.15) is 0 Å². The number of aryl methyl sites for hydroxylation is 1. The molecule has 2 aliphatic carbocycles. The molecule has 4 rings (SSSR count). The van der Waals surface area contributed by atoms with E-state index in [4.69, 9.17) is 0 Å². The highest BCUT2D eigenvalue weighted by atomic mass is 16.1. The van der Waals surface area contributed by atoms with E-state index >= 15 is 0 Å². The summed E-state index contributed by atoms with van der Waals surface area (Å²) in [7, 11) is 0. The van der Waals surface area contributed by atoms with Crippen molar-refractivity contribution in [3.8, 4) is 0 Å². The number of ketones is 2. The lowest BCUT2D eigenvalue weighted by atomic mass is 9.65. The summed E-state index contributed by atoms with van der Waals surface area (Å²) in [5.74, 6) is 0.862. The molecule has 0 radical (unpaired) electrons. The number of rotatable bonds is 4. The Balaban J connectivity index is 1.87. The van der Waals surface area contributed by atoms with Crippen molar-refractivity contribution < 1.29 is 9.59 Å². The van der Waals surface area contributed by atoms with Crippen LogP contribution in [0.25, 0.3) is 0 Å². The molecule has 30 heavy (non-hydrogen) atoms. The van der Waals surface area contributed by atoms with Gasteiger partial charge in [0.05, 0.1) is 0 Å². The van der Waals surface area contributed by atoms with Crippen LogP contribution in [-0.4, -0.2) is 11.6 Å². The SMILES string of the molecule is Cc1ccc(C(=O)C2=C(C(C)C)NC3=C(C(=O)CC(C)(C)C3)C2C2CCCC2)cc1. The first-order valence-corrected chi connectivity index (χ1v) is 11.6. The van der Waals surface area contributed by atoms with Crippen LogP contribution in [0.4, 0.5) is 0 Å². The molecule has 1 unspecified atom stereocenters. The zero-order chi connectivity index (χ0) is 21.6. The van der Waals surface area contributed by atoms with Gasteiger partial charge >= 0.3 is 0 Å². The van der Waals surface area contributed by atoms with E-state index in [1.807, 2.05) is 31.2 Å². The van der Waals surface area contributed by atoms with Crippen LogP contribution in [0.1, 0.15) is 82.1 Å². The number of allylic oxidation sites excluding steroid dienone is 4. The van der Waals surface area contributed by atoms with E-state index in [9.17, 15) is 9.59 Å². The highest BCUT2D eigenvalue weighted by molar-refractivity contribution is 6.12. The second-order valence-corrected chi connectivity index (χ2v) is 10.7. The van der Waals surface area contributed by atoms with E-state index in [-0.39, 0.29) is 28.8 Å². The van der Waals surface area contributed by atoms with Gasteiger partial charge in [-0.3, -0.25) is 9.59 Å². The number of Topliss-reactive ketones (excluding diaryl/α,β-unsaturated/α-hetero) is 2. The fourth-order valence-corrected chi connectivity index (χ4v) is 5.69. The largest absolute Gasteiger partial charge is 0.361 e. The smallest absolute Gasteiger partial charge is 0.191 e. The summed E-state index contributed by atoms with van der Waals surface area (Å²) >= 11 is 0. The predicted octanol–water partition coefficient (Wildman–Crippen LogP) is 6.14. The second kappa shape index (κ2) is 7.83. The standard InChI is InChI=1S/C27H35NO2/c1-16(2)25-24(26(30)19-12-10-17(3)11-13-19)22(18-8-6-7-9-18)23-20(28-25)14-27(4,5)15-21(23)29/h10-13,16,18,22,28H,6-9,14-15H2,1-5H3. The minimum absolute atomic E-state index is 0.0380. The number of hydrogen-bond acceptors (Lipinski definition) is 3. The zero-order valence-corrected chi connectivity index (χ0v) is 19.1. The Hall–Kier alpha value is -2.16. The van der Waals surface area contributed by atoms with Gasteiger partial charge in [-0.2, -0.15) is 0 Å². The summed E-state index contributed by atoms with van der Waals surface area (Å²) in [5, 5.41) is 3.62. The third kappa shape index (κ3) is 3.79. The first kappa shape index (κ1) is 21.1. The van der Waals surface area contributed by atoms with Crippen molar-refractivity contribution in [2.45, 2.75) is 73.1 Å². The lowest BCUT2D eigenvalue weighted by Gasteiger charge is -2.42. The lowest BCUT2D eigenvalue weighted by Crippen LogP contribution is -2.42. The predicted molar refractivity (Wildman–Crippen MR) is 121 cm³/mol. The highest BCUT2D eigenvalue weighted by Gasteiger charge is 2.46. The molecule has 3 nitrogen and oxygen atoms in total. The fraction of sp³-hybridized carbons (Fsp3) is 0.556. The molecule has 3 aliphatic rings. The van der Waals surface area contributed by atoms with Crippen molar-refractivity contribution in [3.05, 3.63) is 57.9 Å². The Kier molecular flexibility index (Phi) is 5.50. The van der Waals surface area contributed by atoms with E-state index < -0.39 is 0 Å². The van der Waals surface area contributed by atoms with Gasteiger partial charge in [0, 0.05) is 40.4 Å². The summed E-state index contributed by atoms with van der Waals surface area (Å²) in [6.45, 7) is 10.7. The quantitative estimate of drug-likeness (QED) is 0.612. The molecule has 0 saturated heterocycles. The molecule has 1 saturated carbocycles. The maximum atomic E-state index is 13.9. The summed E-state index contributed by atoms with van der Waals surface area (Å²) in [5.41, 5.74) is 5.72. The van der Waals surface area contributed by atoms with Crippen molar-refractivity contribution in [1.29, 1.82) is 0 Å². The Labute approximate surface area is 181 Å². The second-order valence-electron chi connectivity index (χ2n) is 10.7. The molecule has 1 aromatic rings. The van der Waals surface area contributed by atoms with Gasteiger partial charge in [-0.15, -0.1) is 0 Å². The molecule has 3 heteroatoms. The molecule has 1 fully saturated rings. The summed E-state index contributed by atoms with van der Waals surface area (Å²) in [6, 6.07) is 7.87. The zero-order valence-electron chi connectivity index (χ0n) is 19.1. The molecular formula is C27H35NO2. The van der Waals surface area contributed by atoms with Crippen LogP contribution in [0.2, 0.25) is 0 Å². The number of carbonyl (C=O) groups excluding carboxylic acids is 2. The molecule has 0 bridgehead atoms. The minimum atomic E-state index is -0.0569. The van der Waals surface area contributed by atoms with Crippen molar-refractivity contribution in [2.24, 2.45) is 23.2 Å². The molecule has 1 N–H and O–H groups in total. The van der Waals surface area contributed by atoms with Gasteiger partial charge in [0.25, 0.3) is 0 Å². The van der Waals surface area contributed by atoms with Gasteiger partial charge in [0.2, 0.25) is 0 Å². The van der Waals surface area contributed by atoms with Crippen molar-refractivity contribution >= 4 is 11.6 Å². The van der Waals surface area contributed by atoms with Crippen LogP contribution in [0, 0.1) is 30.1 Å². The van der Waals surface area contributed by atoms with Crippen LogP contribution in [0.15, 0.2) is 46.8 Å². The topological polar surface area (TPSA) is 46.2 Å². The average molecular weight is 406 g/mol. The average Bonchev–Trinajstić information content (AvgIpc) is 3.20. The van der Waals surface area contributed by atoms with Crippen LogP contribution in [0.5, 0.6) is 0 Å². The number of hydrogen-bond donors (Lipinski definition) is 1. The van der Waals surface area contributed by atoms with E-state index in [1.54, 1.807) is 0 Å². The highest BCUT2D eigenvalue weighted by Crippen LogP contribution is 2.49. The molecule has 160 valence electrons. The Morgan fingerprint density at radius 1 is 1.07 bits per heavy atom. The van der Waals surface area contributed by atoms with Gasteiger partial charge < -0.3 is 5.32 Å². The van der Waals surface area contributed by atoms with Crippen LogP contribution >= 0.6 is 0 Å². The molecule has 1 atom stereocenters. The summed E-state index contributed by atoms with van der Waals surface area (Å²) < 4.78 is 0. The third-order valence-corrected chi connectivity index (χ3v) is 7.12. The number of carbonyl (C=O) groups is 2. The summed E-state index contributed by atoms with van der Waals surface area (Å²) in [6.07, 6.45) is 6.04. The van der Waals surface area contributed by atoms with E-state index in [0.717, 1.165) is 52.9 Å². The molecular weight excluding hydrogens is 370 g/mol. The molecule has 1 aromatic carbocycles. The number of benzene rings is 1.